The third-order valence-electron chi connectivity index (χ3n) is 2.98. The first-order valence-electron chi connectivity index (χ1n) is 6.35. The van der Waals surface area contributed by atoms with Gasteiger partial charge in [0.1, 0.15) is 10.8 Å². The maximum Gasteiger partial charge on any atom is 0.259 e. The number of carbonyl (C=O) groups excluding carboxylic acids is 1. The summed E-state index contributed by atoms with van der Waals surface area (Å²) in [7, 11) is 1.74. The van der Waals surface area contributed by atoms with Crippen molar-refractivity contribution in [2.24, 2.45) is 12.8 Å². The summed E-state index contributed by atoms with van der Waals surface area (Å²) in [6.45, 7) is 1.91. The van der Waals surface area contributed by atoms with E-state index in [0.29, 0.717) is 28.9 Å². The molecule has 0 bridgehead atoms. The SMILES string of the molecule is CCc1nn(C)cc1C(=O)Nc1ccc(F)cc1C(N)=S. The number of hydrogen-bond donors (Lipinski definition) is 2. The number of carbonyl (C=O) groups is 1. The normalized spacial score (nSPS) is 10.4. The molecule has 0 aliphatic heterocycles. The van der Waals surface area contributed by atoms with Crippen molar-refractivity contribution in [3.8, 4) is 0 Å². The van der Waals surface area contributed by atoms with Gasteiger partial charge in [0.2, 0.25) is 0 Å². The number of thiocarbonyl (C=S) groups is 1. The van der Waals surface area contributed by atoms with Gasteiger partial charge < -0.3 is 11.1 Å². The summed E-state index contributed by atoms with van der Waals surface area (Å²) < 4.78 is 14.8. The van der Waals surface area contributed by atoms with Gasteiger partial charge in [0, 0.05) is 18.8 Å². The molecule has 3 N–H and O–H groups in total. The first-order chi connectivity index (χ1) is 9.92. The van der Waals surface area contributed by atoms with Crippen LogP contribution in [-0.2, 0) is 13.5 Å². The Kier molecular flexibility index (Phi) is 4.32. The molecular formula is C14H15FN4OS. The molecular weight excluding hydrogens is 291 g/mol. The van der Waals surface area contributed by atoms with E-state index >= 15 is 0 Å². The Morgan fingerprint density at radius 2 is 2.19 bits per heavy atom. The Bertz CT molecular complexity index is 711. The summed E-state index contributed by atoms with van der Waals surface area (Å²) >= 11 is 4.87. The Labute approximate surface area is 126 Å². The molecule has 1 heterocycles. The van der Waals surface area contributed by atoms with Crippen molar-refractivity contribution in [3.05, 3.63) is 47.0 Å². The molecule has 0 unspecified atom stereocenters. The van der Waals surface area contributed by atoms with Crippen LogP contribution in [0.2, 0.25) is 0 Å². The van der Waals surface area contributed by atoms with Crippen LogP contribution < -0.4 is 11.1 Å². The molecule has 110 valence electrons. The van der Waals surface area contributed by atoms with Crippen molar-refractivity contribution in [3.63, 3.8) is 0 Å². The number of benzene rings is 1. The fourth-order valence-electron chi connectivity index (χ4n) is 2.00. The average Bonchev–Trinajstić information content (AvgIpc) is 2.81. The number of hydrogen-bond acceptors (Lipinski definition) is 3. The van der Waals surface area contributed by atoms with E-state index in [1.54, 1.807) is 17.9 Å². The number of halogens is 1. The number of aryl methyl sites for hydroxylation is 2. The minimum absolute atomic E-state index is 0.0201. The molecule has 5 nitrogen and oxygen atoms in total. The molecule has 0 saturated carbocycles. The molecule has 0 radical (unpaired) electrons. The molecule has 0 atom stereocenters. The largest absolute Gasteiger partial charge is 0.389 e. The van der Waals surface area contributed by atoms with Crippen molar-refractivity contribution in [1.82, 2.24) is 9.78 Å². The van der Waals surface area contributed by atoms with Crippen LogP contribution in [0.25, 0.3) is 0 Å². The van der Waals surface area contributed by atoms with Gasteiger partial charge in [0.05, 0.1) is 16.9 Å². The van der Waals surface area contributed by atoms with E-state index in [1.807, 2.05) is 6.92 Å². The zero-order chi connectivity index (χ0) is 15.6. The van der Waals surface area contributed by atoms with Crippen molar-refractivity contribution in [2.75, 3.05) is 5.32 Å². The third kappa shape index (κ3) is 3.25. The van der Waals surface area contributed by atoms with Crippen LogP contribution in [0.5, 0.6) is 0 Å². The third-order valence-corrected chi connectivity index (χ3v) is 3.20. The van der Waals surface area contributed by atoms with Crippen molar-refractivity contribution in [1.29, 1.82) is 0 Å². The molecule has 21 heavy (non-hydrogen) atoms. The van der Waals surface area contributed by atoms with E-state index in [1.165, 1.54) is 18.2 Å². The fraction of sp³-hybridized carbons (Fsp3) is 0.214. The van der Waals surface area contributed by atoms with Gasteiger partial charge in [-0.1, -0.05) is 19.1 Å². The standard InChI is InChI=1S/C14H15FN4OS/c1-3-11-10(7-19(2)18-11)14(20)17-12-5-4-8(15)6-9(12)13(16)21/h4-7H,3H2,1-2H3,(H2,16,21)(H,17,20). The highest BCUT2D eigenvalue weighted by Gasteiger charge is 2.16. The monoisotopic (exact) mass is 306 g/mol. The first-order valence-corrected chi connectivity index (χ1v) is 6.76. The minimum Gasteiger partial charge on any atom is -0.389 e. The Morgan fingerprint density at radius 1 is 1.48 bits per heavy atom. The van der Waals surface area contributed by atoms with Gasteiger partial charge in [-0.15, -0.1) is 0 Å². The second-order valence-electron chi connectivity index (χ2n) is 4.52. The van der Waals surface area contributed by atoms with E-state index in [0.717, 1.165) is 0 Å². The highest BCUT2D eigenvalue weighted by molar-refractivity contribution is 7.80. The summed E-state index contributed by atoms with van der Waals surface area (Å²) in [5.74, 6) is -0.796. The molecule has 7 heteroatoms. The van der Waals surface area contributed by atoms with Crippen LogP contribution in [0, 0.1) is 5.82 Å². The van der Waals surface area contributed by atoms with Gasteiger partial charge >= 0.3 is 0 Å². The van der Waals surface area contributed by atoms with Gasteiger partial charge in [-0.2, -0.15) is 5.10 Å². The topological polar surface area (TPSA) is 72.9 Å². The molecule has 0 aliphatic rings. The number of aromatic nitrogens is 2. The van der Waals surface area contributed by atoms with Crippen molar-refractivity contribution >= 4 is 28.8 Å². The van der Waals surface area contributed by atoms with E-state index in [-0.39, 0.29) is 10.9 Å². The molecule has 0 aliphatic carbocycles. The Balaban J connectivity index is 2.33. The van der Waals surface area contributed by atoms with Crippen LogP contribution in [0.3, 0.4) is 0 Å². The lowest BCUT2D eigenvalue weighted by molar-refractivity contribution is 0.102. The lowest BCUT2D eigenvalue weighted by Crippen LogP contribution is -2.18. The van der Waals surface area contributed by atoms with Crippen LogP contribution in [0.4, 0.5) is 10.1 Å². The van der Waals surface area contributed by atoms with Gasteiger partial charge in [-0.05, 0) is 24.6 Å². The molecule has 1 amide bonds. The number of nitrogens with one attached hydrogen (secondary N) is 1. The number of amides is 1. The summed E-state index contributed by atoms with van der Waals surface area (Å²) in [6.07, 6.45) is 2.27. The molecule has 0 spiro atoms. The maximum absolute atomic E-state index is 13.2. The zero-order valence-electron chi connectivity index (χ0n) is 11.7. The van der Waals surface area contributed by atoms with Crippen molar-refractivity contribution in [2.45, 2.75) is 13.3 Å². The van der Waals surface area contributed by atoms with Crippen molar-refractivity contribution < 1.29 is 9.18 Å². The molecule has 2 rings (SSSR count). The molecule has 0 saturated heterocycles. The van der Waals surface area contributed by atoms with Gasteiger partial charge in [0.15, 0.2) is 0 Å². The predicted molar refractivity (Wildman–Crippen MR) is 82.8 cm³/mol. The second-order valence-corrected chi connectivity index (χ2v) is 4.96. The van der Waals surface area contributed by atoms with Crippen LogP contribution in [-0.4, -0.2) is 20.7 Å². The highest BCUT2D eigenvalue weighted by Crippen LogP contribution is 2.19. The predicted octanol–water partition coefficient (Wildman–Crippen LogP) is 2.01. The summed E-state index contributed by atoms with van der Waals surface area (Å²) in [5.41, 5.74) is 7.38. The van der Waals surface area contributed by atoms with E-state index < -0.39 is 5.82 Å². The molecule has 2 aromatic rings. The maximum atomic E-state index is 13.2. The van der Waals surface area contributed by atoms with E-state index in [9.17, 15) is 9.18 Å². The highest BCUT2D eigenvalue weighted by atomic mass is 32.1. The Morgan fingerprint density at radius 3 is 2.81 bits per heavy atom. The number of rotatable bonds is 4. The average molecular weight is 306 g/mol. The first kappa shape index (κ1) is 15.1. The number of anilines is 1. The van der Waals surface area contributed by atoms with Crippen LogP contribution >= 0.6 is 12.2 Å². The summed E-state index contributed by atoms with van der Waals surface area (Å²) in [6, 6.07) is 3.87. The van der Waals surface area contributed by atoms with Crippen LogP contribution in [0.1, 0.15) is 28.5 Å². The second kappa shape index (κ2) is 6.01. The zero-order valence-corrected chi connectivity index (χ0v) is 12.5. The lowest BCUT2D eigenvalue weighted by atomic mass is 10.1. The Hall–Kier alpha value is -2.28. The number of nitrogens with zero attached hydrogens (tertiary/aromatic N) is 2. The smallest absolute Gasteiger partial charge is 0.259 e. The number of nitrogens with two attached hydrogens (primary N) is 1. The van der Waals surface area contributed by atoms with Crippen LogP contribution in [0.15, 0.2) is 24.4 Å². The molecule has 1 aromatic heterocycles. The van der Waals surface area contributed by atoms with E-state index in [2.05, 4.69) is 10.4 Å². The minimum atomic E-state index is -0.466. The summed E-state index contributed by atoms with van der Waals surface area (Å²) in [5, 5.41) is 6.91. The fourth-order valence-corrected chi connectivity index (χ4v) is 2.17. The van der Waals surface area contributed by atoms with Gasteiger partial charge in [-0.3, -0.25) is 9.48 Å². The lowest BCUT2D eigenvalue weighted by Gasteiger charge is -2.10. The van der Waals surface area contributed by atoms with Gasteiger partial charge in [0.25, 0.3) is 5.91 Å². The molecule has 0 fully saturated rings. The molecule has 1 aromatic carbocycles. The summed E-state index contributed by atoms with van der Waals surface area (Å²) in [4.78, 5) is 12.3. The quantitative estimate of drug-likeness (QED) is 0.848. The van der Waals surface area contributed by atoms with Gasteiger partial charge in [-0.25, -0.2) is 4.39 Å². The van der Waals surface area contributed by atoms with E-state index in [4.69, 9.17) is 18.0 Å².